The molecule has 8 heteroatoms. The van der Waals surface area contributed by atoms with Crippen molar-refractivity contribution in [3.8, 4) is 0 Å². The highest BCUT2D eigenvalue weighted by Crippen LogP contribution is 2.46. The van der Waals surface area contributed by atoms with E-state index in [9.17, 15) is 26.3 Å². The molecule has 0 aromatic heterocycles. The molecule has 0 aromatic carbocycles. The van der Waals surface area contributed by atoms with Crippen LogP contribution in [0.2, 0.25) is 0 Å². The van der Waals surface area contributed by atoms with Gasteiger partial charge in [0.2, 0.25) is 0 Å². The quantitative estimate of drug-likeness (QED) is 0.519. The molecule has 0 fully saturated rings. The average Bonchev–Trinajstić information content (AvgIpc) is 2.25. The van der Waals surface area contributed by atoms with Gasteiger partial charge in [0.25, 0.3) is 5.60 Å². The first-order chi connectivity index (χ1) is 9.27. The fourth-order valence-corrected chi connectivity index (χ4v) is 2.11. The first-order valence-electron chi connectivity index (χ1n) is 6.73. The summed E-state index contributed by atoms with van der Waals surface area (Å²) in [7, 11) is 0. The zero-order chi connectivity index (χ0) is 16.9. The van der Waals surface area contributed by atoms with E-state index in [4.69, 9.17) is 10.2 Å². The summed E-state index contributed by atoms with van der Waals surface area (Å²) in [4.78, 5) is 0. The van der Waals surface area contributed by atoms with Crippen molar-refractivity contribution in [1.29, 1.82) is 0 Å². The van der Waals surface area contributed by atoms with E-state index >= 15 is 0 Å². The van der Waals surface area contributed by atoms with Gasteiger partial charge in [0.1, 0.15) is 0 Å². The van der Waals surface area contributed by atoms with Crippen molar-refractivity contribution in [3.63, 3.8) is 0 Å². The number of hydrogen-bond acceptors (Lipinski definition) is 2. The van der Waals surface area contributed by atoms with Crippen LogP contribution in [0.15, 0.2) is 0 Å². The van der Waals surface area contributed by atoms with E-state index in [2.05, 4.69) is 0 Å². The molecular weight excluding hydrogens is 302 g/mol. The van der Waals surface area contributed by atoms with E-state index in [1.165, 1.54) is 0 Å². The lowest BCUT2D eigenvalue weighted by Crippen LogP contribution is -2.56. The number of hydrogen-bond donors (Lipinski definition) is 2. The monoisotopic (exact) mass is 324 g/mol. The molecule has 21 heavy (non-hydrogen) atoms. The summed E-state index contributed by atoms with van der Waals surface area (Å²) in [6, 6.07) is 0. The van der Waals surface area contributed by atoms with Gasteiger partial charge in [0.15, 0.2) is 0 Å². The number of unbranched alkanes of at least 4 members (excludes halogenated alkanes) is 1. The van der Waals surface area contributed by atoms with Gasteiger partial charge in [0.05, 0.1) is 0 Å². The lowest BCUT2D eigenvalue weighted by atomic mass is 9.80. The standard InChI is InChI=1S/C13H22F6O2/c1-10(2,6-3-4-9-20)7-5-8-11(21,12(14,15)16)13(17,18)19/h20-21H,3-9H2,1-2H3. The van der Waals surface area contributed by atoms with Gasteiger partial charge in [-0.1, -0.05) is 20.3 Å². The summed E-state index contributed by atoms with van der Waals surface area (Å²) in [6.45, 7) is 3.48. The van der Waals surface area contributed by atoms with Crippen LogP contribution < -0.4 is 0 Å². The zero-order valence-electron chi connectivity index (χ0n) is 12.1. The third-order valence-electron chi connectivity index (χ3n) is 3.59. The number of halogens is 6. The van der Waals surface area contributed by atoms with Crippen LogP contribution in [0.1, 0.15) is 52.4 Å². The van der Waals surface area contributed by atoms with Crippen LogP contribution >= 0.6 is 0 Å². The zero-order valence-corrected chi connectivity index (χ0v) is 12.1. The maximum atomic E-state index is 12.5. The molecule has 0 aliphatic rings. The van der Waals surface area contributed by atoms with Gasteiger partial charge >= 0.3 is 12.4 Å². The van der Waals surface area contributed by atoms with Crippen molar-refractivity contribution in [2.75, 3.05) is 6.61 Å². The number of rotatable bonds is 8. The summed E-state index contributed by atoms with van der Waals surface area (Å²) >= 11 is 0. The van der Waals surface area contributed by atoms with E-state index in [0.717, 1.165) is 0 Å². The lowest BCUT2D eigenvalue weighted by molar-refractivity contribution is -0.370. The largest absolute Gasteiger partial charge is 0.426 e. The molecular formula is C13H22F6O2. The van der Waals surface area contributed by atoms with Gasteiger partial charge in [-0.3, -0.25) is 0 Å². The molecule has 0 aromatic rings. The molecule has 0 rings (SSSR count). The van der Waals surface area contributed by atoms with Gasteiger partial charge in [-0.25, -0.2) is 0 Å². The van der Waals surface area contributed by atoms with Crippen LogP contribution in [0.25, 0.3) is 0 Å². The van der Waals surface area contributed by atoms with E-state index < -0.39 is 29.8 Å². The molecule has 0 aliphatic heterocycles. The van der Waals surface area contributed by atoms with Crippen molar-refractivity contribution >= 4 is 0 Å². The highest BCUT2D eigenvalue weighted by Gasteiger charge is 2.69. The fraction of sp³-hybridized carbons (Fsp3) is 1.00. The first-order valence-corrected chi connectivity index (χ1v) is 6.73. The van der Waals surface area contributed by atoms with Crippen LogP contribution in [-0.4, -0.2) is 34.8 Å². The number of aliphatic hydroxyl groups excluding tert-OH is 1. The second kappa shape index (κ2) is 7.17. The highest BCUT2D eigenvalue weighted by molar-refractivity contribution is 4.94. The minimum Gasteiger partial charge on any atom is -0.396 e. The van der Waals surface area contributed by atoms with Crippen molar-refractivity contribution in [2.45, 2.75) is 70.3 Å². The smallest absolute Gasteiger partial charge is 0.396 e. The Morgan fingerprint density at radius 3 is 1.52 bits per heavy atom. The fourth-order valence-electron chi connectivity index (χ4n) is 2.11. The molecule has 2 nitrogen and oxygen atoms in total. The van der Waals surface area contributed by atoms with Crippen LogP contribution in [0.5, 0.6) is 0 Å². The predicted octanol–water partition coefficient (Wildman–Crippen LogP) is 4.20. The maximum Gasteiger partial charge on any atom is 0.426 e. The Bertz CT molecular complexity index is 295. The summed E-state index contributed by atoms with van der Waals surface area (Å²) < 4.78 is 74.8. The van der Waals surface area contributed by atoms with E-state index in [1.807, 2.05) is 0 Å². The molecule has 0 spiro atoms. The molecule has 0 radical (unpaired) electrons. The third-order valence-corrected chi connectivity index (χ3v) is 3.59. The molecule has 0 bridgehead atoms. The average molecular weight is 324 g/mol. The third kappa shape index (κ3) is 6.02. The molecule has 0 saturated heterocycles. The Kier molecular flexibility index (Phi) is 7.00. The topological polar surface area (TPSA) is 40.5 Å². The van der Waals surface area contributed by atoms with Gasteiger partial charge in [-0.15, -0.1) is 0 Å². The summed E-state index contributed by atoms with van der Waals surface area (Å²) in [6.07, 6.45) is -11.4. The SMILES string of the molecule is CC(C)(CCCCO)CCCC(O)(C(F)(F)F)C(F)(F)F. The Balaban J connectivity index is 4.60. The predicted molar refractivity (Wildman–Crippen MR) is 65.6 cm³/mol. The van der Waals surface area contributed by atoms with E-state index in [0.29, 0.717) is 19.3 Å². The van der Waals surface area contributed by atoms with Crippen molar-refractivity contribution in [1.82, 2.24) is 0 Å². The second-order valence-electron chi connectivity index (χ2n) is 6.05. The Morgan fingerprint density at radius 1 is 0.714 bits per heavy atom. The Morgan fingerprint density at radius 2 is 1.14 bits per heavy atom. The molecule has 0 aliphatic carbocycles. The Hall–Kier alpha value is -0.500. The number of aliphatic hydroxyl groups is 2. The van der Waals surface area contributed by atoms with Gasteiger partial charge in [-0.2, -0.15) is 26.3 Å². The minimum atomic E-state index is -5.74. The molecule has 128 valence electrons. The first kappa shape index (κ1) is 20.5. The van der Waals surface area contributed by atoms with E-state index in [-0.39, 0.29) is 19.4 Å². The summed E-state index contributed by atoms with van der Waals surface area (Å²) in [5, 5.41) is 17.7. The summed E-state index contributed by atoms with van der Waals surface area (Å²) in [5.74, 6) is 0. The van der Waals surface area contributed by atoms with Crippen molar-refractivity contribution < 1.29 is 36.6 Å². The van der Waals surface area contributed by atoms with Crippen LogP contribution in [0.4, 0.5) is 26.3 Å². The van der Waals surface area contributed by atoms with Gasteiger partial charge < -0.3 is 10.2 Å². The van der Waals surface area contributed by atoms with Gasteiger partial charge in [-0.05, 0) is 37.5 Å². The van der Waals surface area contributed by atoms with Gasteiger partial charge in [0, 0.05) is 6.61 Å². The number of alkyl halides is 6. The summed E-state index contributed by atoms with van der Waals surface area (Å²) in [5.41, 5.74) is -5.09. The molecule has 0 unspecified atom stereocenters. The van der Waals surface area contributed by atoms with Crippen molar-refractivity contribution in [3.05, 3.63) is 0 Å². The molecule has 0 heterocycles. The second-order valence-corrected chi connectivity index (χ2v) is 6.05. The maximum absolute atomic E-state index is 12.5. The normalized spacial score (nSPS) is 14.6. The molecule has 2 N–H and O–H groups in total. The van der Waals surface area contributed by atoms with Crippen LogP contribution in [-0.2, 0) is 0 Å². The minimum absolute atomic E-state index is 0.00201. The highest BCUT2D eigenvalue weighted by atomic mass is 19.4. The Labute approximate surface area is 120 Å². The van der Waals surface area contributed by atoms with Crippen LogP contribution in [0.3, 0.4) is 0 Å². The van der Waals surface area contributed by atoms with Crippen molar-refractivity contribution in [2.24, 2.45) is 5.41 Å². The lowest BCUT2D eigenvalue weighted by Gasteiger charge is -2.33. The van der Waals surface area contributed by atoms with E-state index in [1.54, 1.807) is 13.8 Å². The molecule has 0 saturated carbocycles. The molecule has 0 amide bonds. The molecule has 0 atom stereocenters. The van der Waals surface area contributed by atoms with Crippen LogP contribution in [0, 0.1) is 5.41 Å².